The minimum Gasteiger partial charge on any atom is -0.348 e. The van der Waals surface area contributed by atoms with Crippen molar-refractivity contribution in [2.75, 3.05) is 5.32 Å². The van der Waals surface area contributed by atoms with E-state index in [-0.39, 0.29) is 45.7 Å². The van der Waals surface area contributed by atoms with E-state index in [0.717, 1.165) is 6.07 Å². The fourth-order valence-electron chi connectivity index (χ4n) is 4.01. The summed E-state index contributed by atoms with van der Waals surface area (Å²) in [6.07, 6.45) is 2.94. The quantitative estimate of drug-likeness (QED) is 0.364. The van der Waals surface area contributed by atoms with Crippen molar-refractivity contribution in [2.24, 2.45) is 5.73 Å². The van der Waals surface area contributed by atoms with Gasteiger partial charge >= 0.3 is 0 Å². The van der Waals surface area contributed by atoms with Gasteiger partial charge in [0.15, 0.2) is 5.69 Å². The Bertz CT molecular complexity index is 1420. The topological polar surface area (TPSA) is 115 Å². The maximum Gasteiger partial charge on any atom is 0.272 e. The highest BCUT2D eigenvalue weighted by Crippen LogP contribution is 2.29. The van der Waals surface area contributed by atoms with Crippen molar-refractivity contribution in [3.63, 3.8) is 0 Å². The number of rotatable bonds is 6. The molecule has 0 atom stereocenters. The molecule has 2 aromatic heterocycles. The molecule has 4 N–H and O–H groups in total. The molecule has 1 saturated carbocycles. The molecule has 0 aliphatic heterocycles. The van der Waals surface area contributed by atoms with Crippen LogP contribution in [-0.2, 0) is 0 Å². The minimum atomic E-state index is -0.598. The predicted molar refractivity (Wildman–Crippen MR) is 135 cm³/mol. The first-order chi connectivity index (χ1) is 17.4. The molecule has 5 rings (SSSR count). The third-order valence-corrected chi connectivity index (χ3v) is 6.25. The molecule has 8 nitrogen and oxygen atoms in total. The normalized spacial score (nSPS) is 16.8. The number of nitrogens with one attached hydrogen (secondary N) is 2. The molecule has 0 radical (unpaired) electrons. The van der Waals surface area contributed by atoms with Crippen molar-refractivity contribution in [1.29, 1.82) is 0 Å². The lowest BCUT2D eigenvalue weighted by Gasteiger charge is -2.32. The van der Waals surface area contributed by atoms with Crippen molar-refractivity contribution >= 4 is 29.2 Å². The summed E-state index contributed by atoms with van der Waals surface area (Å²) in [6.45, 7) is 0. The molecular weight excluding hydrogens is 483 g/mol. The van der Waals surface area contributed by atoms with Gasteiger partial charge in [-0.1, -0.05) is 35.9 Å². The predicted octanol–water partition coefficient (Wildman–Crippen LogP) is 4.20. The number of hydrogen-bond acceptors (Lipinski definition) is 5. The lowest BCUT2D eigenvalue weighted by Crippen LogP contribution is -2.50. The number of pyridine rings is 1. The number of halogens is 2. The third kappa shape index (κ3) is 4.84. The first-order valence-electron chi connectivity index (χ1n) is 11.3. The number of hydrogen-bond donors (Lipinski definition) is 3. The first-order valence-corrected chi connectivity index (χ1v) is 11.7. The van der Waals surface area contributed by atoms with Gasteiger partial charge < -0.3 is 16.4 Å². The van der Waals surface area contributed by atoms with Crippen LogP contribution in [-0.4, -0.2) is 38.7 Å². The highest BCUT2D eigenvalue weighted by Gasteiger charge is 2.29. The fraction of sp³-hybridized carbons (Fsp3) is 0.154. The van der Waals surface area contributed by atoms with Crippen molar-refractivity contribution < 1.29 is 14.0 Å². The molecule has 4 aromatic rings. The Balaban J connectivity index is 1.46. The molecule has 182 valence electrons. The van der Waals surface area contributed by atoms with Gasteiger partial charge in [0, 0.05) is 29.9 Å². The molecule has 2 heterocycles. The summed E-state index contributed by atoms with van der Waals surface area (Å²) in [6, 6.07) is 18.1. The van der Waals surface area contributed by atoms with Gasteiger partial charge in [-0.15, -0.1) is 0 Å². The average molecular weight is 505 g/mol. The smallest absolute Gasteiger partial charge is 0.272 e. The zero-order valence-corrected chi connectivity index (χ0v) is 19.7. The van der Waals surface area contributed by atoms with Crippen LogP contribution >= 0.6 is 11.6 Å². The van der Waals surface area contributed by atoms with Gasteiger partial charge in [-0.2, -0.15) is 5.10 Å². The molecule has 10 heteroatoms. The second kappa shape index (κ2) is 9.88. The van der Waals surface area contributed by atoms with E-state index in [0.29, 0.717) is 24.2 Å². The number of carbonyl (C=O) groups is 2. The van der Waals surface area contributed by atoms with Gasteiger partial charge in [0.25, 0.3) is 11.8 Å². The SMILES string of the molecule is NC1CC(NC(=O)c2cc(NC(=O)c3cc(-c4ccccn4)c(F)cc3Cl)n(-c3ccccc3)n2)C1. The highest BCUT2D eigenvalue weighted by atomic mass is 35.5. The number of aromatic nitrogens is 3. The van der Waals surface area contributed by atoms with Gasteiger partial charge in [-0.25, -0.2) is 9.07 Å². The zero-order valence-electron chi connectivity index (χ0n) is 19.0. The molecule has 0 spiro atoms. The van der Waals surface area contributed by atoms with Gasteiger partial charge in [0.2, 0.25) is 0 Å². The lowest BCUT2D eigenvalue weighted by atomic mass is 9.87. The van der Waals surface area contributed by atoms with E-state index in [4.69, 9.17) is 17.3 Å². The Labute approximate surface area is 211 Å². The Kier molecular flexibility index (Phi) is 6.49. The lowest BCUT2D eigenvalue weighted by molar-refractivity contribution is 0.0904. The van der Waals surface area contributed by atoms with Crippen molar-refractivity contribution in [3.8, 4) is 16.9 Å². The summed E-state index contributed by atoms with van der Waals surface area (Å²) in [5.41, 5.74) is 7.13. The number of anilines is 1. The summed E-state index contributed by atoms with van der Waals surface area (Å²) in [5, 5.41) is 10.0. The maximum absolute atomic E-state index is 14.6. The first kappa shape index (κ1) is 23.7. The molecule has 0 bridgehead atoms. The van der Waals surface area contributed by atoms with Crippen LogP contribution in [0.25, 0.3) is 16.9 Å². The Morgan fingerprint density at radius 2 is 1.78 bits per heavy atom. The maximum atomic E-state index is 14.6. The minimum absolute atomic E-state index is 0.00421. The van der Waals surface area contributed by atoms with Crippen LogP contribution < -0.4 is 16.4 Å². The Morgan fingerprint density at radius 1 is 1.03 bits per heavy atom. The second-order valence-corrected chi connectivity index (χ2v) is 8.95. The van der Waals surface area contributed by atoms with E-state index < -0.39 is 11.7 Å². The van der Waals surface area contributed by atoms with Crippen LogP contribution in [0.2, 0.25) is 5.02 Å². The summed E-state index contributed by atoms with van der Waals surface area (Å²) >= 11 is 6.24. The van der Waals surface area contributed by atoms with E-state index in [9.17, 15) is 14.0 Å². The summed E-state index contributed by atoms with van der Waals surface area (Å²) in [5.74, 6) is -1.30. The monoisotopic (exact) mass is 504 g/mol. The van der Waals surface area contributed by atoms with Crippen molar-refractivity contribution in [3.05, 3.63) is 95.0 Å². The van der Waals surface area contributed by atoms with Crippen LogP contribution in [0.5, 0.6) is 0 Å². The number of nitrogens with two attached hydrogens (primary N) is 1. The van der Waals surface area contributed by atoms with E-state index >= 15 is 0 Å². The molecule has 1 aliphatic rings. The van der Waals surface area contributed by atoms with Gasteiger partial charge in [0.1, 0.15) is 11.6 Å². The van der Waals surface area contributed by atoms with E-state index in [1.807, 2.05) is 18.2 Å². The van der Waals surface area contributed by atoms with Gasteiger partial charge in [-0.05, 0) is 49.2 Å². The van der Waals surface area contributed by atoms with Crippen LogP contribution in [0.3, 0.4) is 0 Å². The highest BCUT2D eigenvalue weighted by molar-refractivity contribution is 6.34. The van der Waals surface area contributed by atoms with E-state index in [2.05, 4.69) is 20.7 Å². The van der Waals surface area contributed by atoms with Crippen molar-refractivity contribution in [2.45, 2.75) is 24.9 Å². The Morgan fingerprint density at radius 3 is 2.47 bits per heavy atom. The number of amides is 2. The average Bonchev–Trinajstić information content (AvgIpc) is 3.28. The summed E-state index contributed by atoms with van der Waals surface area (Å²) in [4.78, 5) is 30.2. The van der Waals surface area contributed by atoms with Crippen LogP contribution in [0.15, 0.2) is 72.9 Å². The fourth-order valence-corrected chi connectivity index (χ4v) is 4.25. The summed E-state index contributed by atoms with van der Waals surface area (Å²) < 4.78 is 16.1. The number of carbonyl (C=O) groups excluding carboxylic acids is 2. The second-order valence-electron chi connectivity index (χ2n) is 8.55. The summed E-state index contributed by atoms with van der Waals surface area (Å²) in [7, 11) is 0. The molecular formula is C26H22ClFN6O2. The van der Waals surface area contributed by atoms with Crippen LogP contribution in [0, 0.1) is 5.82 Å². The number of para-hydroxylation sites is 1. The standard InChI is InChI=1S/C26H22ClFN6O2/c27-20-13-21(28)19(22-8-4-5-9-30-22)12-18(20)25(35)32-24-14-23(26(36)31-16-10-15(29)11-16)33-34(24)17-6-2-1-3-7-17/h1-9,12-16H,10-11,29H2,(H,31,36)(H,32,35). The molecule has 2 aromatic carbocycles. The van der Waals surface area contributed by atoms with Crippen LogP contribution in [0.4, 0.5) is 10.2 Å². The van der Waals surface area contributed by atoms with E-state index in [1.54, 1.807) is 30.3 Å². The zero-order chi connectivity index (χ0) is 25.2. The third-order valence-electron chi connectivity index (χ3n) is 5.94. The van der Waals surface area contributed by atoms with Gasteiger partial charge in [0.05, 0.1) is 22.0 Å². The molecule has 2 amide bonds. The molecule has 0 unspecified atom stereocenters. The largest absolute Gasteiger partial charge is 0.348 e. The molecule has 0 saturated heterocycles. The molecule has 36 heavy (non-hydrogen) atoms. The Hall–Kier alpha value is -4.08. The molecule has 1 aliphatic carbocycles. The van der Waals surface area contributed by atoms with Crippen molar-refractivity contribution in [1.82, 2.24) is 20.1 Å². The number of benzene rings is 2. The van der Waals surface area contributed by atoms with Crippen LogP contribution in [0.1, 0.15) is 33.7 Å². The van der Waals surface area contributed by atoms with E-state index in [1.165, 1.54) is 23.0 Å². The molecule has 1 fully saturated rings. The number of nitrogens with zero attached hydrogens (tertiary/aromatic N) is 3. The van der Waals surface area contributed by atoms with Gasteiger partial charge in [-0.3, -0.25) is 14.6 Å².